The van der Waals surface area contributed by atoms with Gasteiger partial charge < -0.3 is 5.73 Å². The molecule has 0 unspecified atom stereocenters. The van der Waals surface area contributed by atoms with E-state index < -0.39 is 9.84 Å². The predicted octanol–water partition coefficient (Wildman–Crippen LogP) is 1.11. The van der Waals surface area contributed by atoms with Crippen molar-refractivity contribution in [2.24, 2.45) is 0 Å². The Morgan fingerprint density at radius 2 is 2.15 bits per heavy atom. The first-order valence-electron chi connectivity index (χ1n) is 3.62. The molecular weight excluding hydrogens is 212 g/mol. The van der Waals surface area contributed by atoms with Crippen LogP contribution in [0.25, 0.3) is 0 Å². The number of halogens is 1. The molecule has 1 rings (SSSR count). The van der Waals surface area contributed by atoms with Crippen molar-refractivity contribution >= 4 is 27.3 Å². The van der Waals surface area contributed by atoms with Crippen LogP contribution in [0.1, 0.15) is 6.92 Å². The van der Waals surface area contributed by atoms with Crippen molar-refractivity contribution in [1.82, 2.24) is 4.98 Å². The molecule has 0 atom stereocenters. The van der Waals surface area contributed by atoms with Gasteiger partial charge in [-0.3, -0.25) is 0 Å². The molecule has 0 radical (unpaired) electrons. The van der Waals surface area contributed by atoms with Crippen molar-refractivity contribution in [3.05, 3.63) is 17.3 Å². The second-order valence-electron chi connectivity index (χ2n) is 2.42. The van der Waals surface area contributed by atoms with Crippen molar-refractivity contribution in [3.8, 4) is 0 Å². The van der Waals surface area contributed by atoms with Crippen molar-refractivity contribution in [2.45, 2.75) is 11.8 Å². The lowest BCUT2D eigenvalue weighted by atomic mass is 10.5. The number of pyridine rings is 1. The monoisotopic (exact) mass is 220 g/mol. The van der Waals surface area contributed by atoms with Crippen molar-refractivity contribution in [2.75, 3.05) is 11.5 Å². The van der Waals surface area contributed by atoms with E-state index in [-0.39, 0.29) is 21.6 Å². The minimum absolute atomic E-state index is 0.000508. The van der Waals surface area contributed by atoms with Crippen LogP contribution in [-0.4, -0.2) is 19.2 Å². The number of nitrogens with zero attached hydrogens (tertiary/aromatic N) is 1. The molecule has 0 saturated carbocycles. The number of sulfone groups is 1. The SMILES string of the molecule is CCS(=O)(=O)c1ccc(Cl)nc1N. The molecule has 1 heterocycles. The summed E-state index contributed by atoms with van der Waals surface area (Å²) in [6, 6.07) is 2.77. The molecular formula is C7H9ClN2O2S. The molecule has 0 amide bonds. The summed E-state index contributed by atoms with van der Waals surface area (Å²) >= 11 is 5.52. The highest BCUT2D eigenvalue weighted by Gasteiger charge is 2.15. The molecule has 2 N–H and O–H groups in total. The Labute approximate surface area is 81.6 Å². The summed E-state index contributed by atoms with van der Waals surface area (Å²) in [7, 11) is -3.29. The number of hydrogen-bond acceptors (Lipinski definition) is 4. The third kappa shape index (κ3) is 2.10. The van der Waals surface area contributed by atoms with Gasteiger partial charge in [0.05, 0.1) is 5.75 Å². The molecule has 72 valence electrons. The minimum Gasteiger partial charge on any atom is -0.383 e. The molecule has 0 fully saturated rings. The van der Waals surface area contributed by atoms with Crippen LogP contribution in [0.5, 0.6) is 0 Å². The van der Waals surface area contributed by atoms with E-state index >= 15 is 0 Å². The maximum Gasteiger partial charge on any atom is 0.181 e. The van der Waals surface area contributed by atoms with E-state index in [1.807, 2.05) is 0 Å². The third-order valence-electron chi connectivity index (χ3n) is 1.57. The second kappa shape index (κ2) is 3.51. The summed E-state index contributed by atoms with van der Waals surface area (Å²) in [5.74, 6) is -0.0464. The fourth-order valence-corrected chi connectivity index (χ4v) is 1.96. The van der Waals surface area contributed by atoms with Gasteiger partial charge in [-0.25, -0.2) is 13.4 Å². The average Bonchev–Trinajstić information content (AvgIpc) is 2.03. The van der Waals surface area contributed by atoms with Crippen molar-refractivity contribution in [1.29, 1.82) is 0 Å². The van der Waals surface area contributed by atoms with Gasteiger partial charge in [-0.2, -0.15) is 0 Å². The maximum atomic E-state index is 11.4. The van der Waals surface area contributed by atoms with E-state index in [9.17, 15) is 8.42 Å². The van der Waals surface area contributed by atoms with E-state index in [0.29, 0.717) is 0 Å². The number of rotatable bonds is 2. The molecule has 0 saturated heterocycles. The highest BCUT2D eigenvalue weighted by atomic mass is 35.5. The lowest BCUT2D eigenvalue weighted by molar-refractivity contribution is 0.597. The molecule has 13 heavy (non-hydrogen) atoms. The summed E-state index contributed by atoms with van der Waals surface area (Å²) in [4.78, 5) is 3.69. The molecule has 0 aromatic carbocycles. The van der Waals surface area contributed by atoms with E-state index in [4.69, 9.17) is 17.3 Å². The van der Waals surface area contributed by atoms with Crippen LogP contribution >= 0.6 is 11.6 Å². The van der Waals surface area contributed by atoms with Crippen LogP contribution in [-0.2, 0) is 9.84 Å². The zero-order valence-corrected chi connectivity index (χ0v) is 8.56. The van der Waals surface area contributed by atoms with Gasteiger partial charge in [0, 0.05) is 0 Å². The number of nitrogen functional groups attached to an aromatic ring is 1. The van der Waals surface area contributed by atoms with Crippen LogP contribution in [0.2, 0.25) is 5.15 Å². The largest absolute Gasteiger partial charge is 0.383 e. The van der Waals surface area contributed by atoms with Gasteiger partial charge in [-0.15, -0.1) is 0 Å². The molecule has 4 nitrogen and oxygen atoms in total. The molecule has 0 aliphatic heterocycles. The molecule has 1 aromatic rings. The number of aromatic nitrogens is 1. The molecule has 0 aliphatic rings. The number of nitrogens with two attached hydrogens (primary N) is 1. The average molecular weight is 221 g/mol. The fraction of sp³-hybridized carbons (Fsp3) is 0.286. The molecule has 0 spiro atoms. The molecule has 0 aliphatic carbocycles. The first kappa shape index (κ1) is 10.3. The van der Waals surface area contributed by atoms with Crippen LogP contribution in [0, 0.1) is 0 Å². The van der Waals surface area contributed by atoms with Crippen LogP contribution < -0.4 is 5.73 Å². The first-order valence-corrected chi connectivity index (χ1v) is 5.65. The summed E-state index contributed by atoms with van der Waals surface area (Å²) in [6.45, 7) is 1.55. The Bertz CT molecular complexity index is 417. The zero-order chi connectivity index (χ0) is 10.1. The van der Waals surface area contributed by atoms with Crippen LogP contribution in [0.4, 0.5) is 5.82 Å². The number of anilines is 1. The molecule has 1 aromatic heterocycles. The summed E-state index contributed by atoms with van der Waals surface area (Å²) in [6.07, 6.45) is 0. The second-order valence-corrected chi connectivity index (χ2v) is 5.05. The van der Waals surface area contributed by atoms with Gasteiger partial charge in [0.2, 0.25) is 0 Å². The minimum atomic E-state index is -3.29. The highest BCUT2D eigenvalue weighted by molar-refractivity contribution is 7.91. The lowest BCUT2D eigenvalue weighted by Crippen LogP contribution is -2.08. The predicted molar refractivity (Wildman–Crippen MR) is 51.4 cm³/mol. The topological polar surface area (TPSA) is 73.0 Å². The molecule has 0 bridgehead atoms. The quantitative estimate of drug-likeness (QED) is 0.758. The van der Waals surface area contributed by atoms with Crippen molar-refractivity contribution < 1.29 is 8.42 Å². The van der Waals surface area contributed by atoms with Crippen LogP contribution in [0.3, 0.4) is 0 Å². The lowest BCUT2D eigenvalue weighted by Gasteiger charge is -2.03. The van der Waals surface area contributed by atoms with Gasteiger partial charge in [0.1, 0.15) is 15.9 Å². The Balaban J connectivity index is 3.33. The summed E-state index contributed by atoms with van der Waals surface area (Å²) < 4.78 is 22.7. The van der Waals surface area contributed by atoms with Gasteiger partial charge >= 0.3 is 0 Å². The van der Waals surface area contributed by atoms with Gasteiger partial charge in [0.25, 0.3) is 0 Å². The van der Waals surface area contributed by atoms with E-state index in [1.54, 1.807) is 6.92 Å². The van der Waals surface area contributed by atoms with Gasteiger partial charge in [0.15, 0.2) is 9.84 Å². The Hall–Kier alpha value is -0.810. The zero-order valence-electron chi connectivity index (χ0n) is 6.99. The van der Waals surface area contributed by atoms with E-state index in [2.05, 4.69) is 4.98 Å². The van der Waals surface area contributed by atoms with Crippen LogP contribution in [0.15, 0.2) is 17.0 Å². The van der Waals surface area contributed by atoms with E-state index in [1.165, 1.54) is 12.1 Å². The normalized spacial score (nSPS) is 11.5. The summed E-state index contributed by atoms with van der Waals surface area (Å²) in [5, 5.41) is 0.188. The smallest absolute Gasteiger partial charge is 0.181 e. The van der Waals surface area contributed by atoms with Crippen molar-refractivity contribution in [3.63, 3.8) is 0 Å². The first-order chi connectivity index (χ1) is 5.97. The standard InChI is InChI=1S/C7H9ClN2O2S/c1-2-13(11,12)5-3-4-6(8)10-7(5)9/h3-4H,2H2,1H3,(H2,9,10). The van der Waals surface area contributed by atoms with Gasteiger partial charge in [-0.1, -0.05) is 18.5 Å². The Kier molecular flexibility index (Phi) is 2.77. The third-order valence-corrected chi connectivity index (χ3v) is 3.55. The summed E-state index contributed by atoms with van der Waals surface area (Å²) in [5.41, 5.74) is 5.41. The molecule has 6 heteroatoms. The highest BCUT2D eigenvalue weighted by Crippen LogP contribution is 2.19. The maximum absolute atomic E-state index is 11.4. The fourth-order valence-electron chi connectivity index (χ4n) is 0.856. The van der Waals surface area contributed by atoms with Gasteiger partial charge in [-0.05, 0) is 12.1 Å². The van der Waals surface area contributed by atoms with E-state index in [0.717, 1.165) is 0 Å². The Morgan fingerprint density at radius 3 is 2.62 bits per heavy atom. The number of hydrogen-bond donors (Lipinski definition) is 1. The Morgan fingerprint density at radius 1 is 1.54 bits per heavy atom.